The van der Waals surface area contributed by atoms with Gasteiger partial charge in [0.15, 0.2) is 5.96 Å². The van der Waals surface area contributed by atoms with Gasteiger partial charge in [-0.3, -0.25) is 9.89 Å². The van der Waals surface area contributed by atoms with E-state index in [-0.39, 0.29) is 0 Å². The Hall–Kier alpha value is -0.850. The third-order valence-corrected chi connectivity index (χ3v) is 5.54. The average molecular weight is 383 g/mol. The van der Waals surface area contributed by atoms with Crippen LogP contribution in [0.3, 0.4) is 0 Å². The Morgan fingerprint density at radius 2 is 1.56 bits per heavy atom. The van der Waals surface area contributed by atoms with Gasteiger partial charge in [0.1, 0.15) is 0 Å². The molecule has 1 heterocycles. The van der Waals surface area contributed by atoms with Crippen molar-refractivity contribution in [1.82, 2.24) is 25.3 Å². The molecule has 0 aromatic rings. The first-order valence-electron chi connectivity index (χ1n) is 11.0. The predicted octanol–water partition coefficient (Wildman–Crippen LogP) is 1.93. The third kappa shape index (κ3) is 9.77. The lowest BCUT2D eigenvalue weighted by molar-refractivity contribution is 0.124. The van der Waals surface area contributed by atoms with E-state index in [0.717, 1.165) is 32.0 Å². The molecule has 0 spiro atoms. The molecular formula is C21H46N6. The number of nitrogens with one attached hydrogen (secondary N) is 2. The number of hydrogen-bond acceptors (Lipinski definition) is 4. The van der Waals surface area contributed by atoms with Gasteiger partial charge in [0.25, 0.3) is 0 Å². The topological polar surface area (TPSA) is 46.1 Å². The molecule has 0 aromatic heterocycles. The maximum atomic E-state index is 4.38. The molecule has 0 aromatic carbocycles. The van der Waals surface area contributed by atoms with Crippen LogP contribution in [0.1, 0.15) is 48.0 Å². The van der Waals surface area contributed by atoms with Crippen LogP contribution in [0.2, 0.25) is 0 Å². The minimum Gasteiger partial charge on any atom is -0.356 e. The van der Waals surface area contributed by atoms with E-state index in [1.54, 1.807) is 0 Å². The number of nitrogens with zero attached hydrogens (tertiary/aromatic N) is 4. The molecule has 2 N–H and O–H groups in total. The molecule has 0 saturated carbocycles. The van der Waals surface area contributed by atoms with Gasteiger partial charge in [0, 0.05) is 71.5 Å². The molecule has 1 saturated heterocycles. The lowest BCUT2D eigenvalue weighted by Crippen LogP contribution is -2.48. The monoisotopic (exact) mass is 382 g/mol. The van der Waals surface area contributed by atoms with Crippen molar-refractivity contribution in [3.8, 4) is 0 Å². The Labute approximate surface area is 168 Å². The number of aliphatic imine (C=N–C) groups is 1. The number of rotatable bonds is 11. The highest BCUT2D eigenvalue weighted by atomic mass is 15.3. The highest BCUT2D eigenvalue weighted by molar-refractivity contribution is 5.79. The lowest BCUT2D eigenvalue weighted by atomic mass is 10.1. The molecule has 160 valence electrons. The Morgan fingerprint density at radius 1 is 0.963 bits per heavy atom. The van der Waals surface area contributed by atoms with E-state index in [2.05, 4.69) is 71.9 Å². The molecule has 0 bridgehead atoms. The second-order valence-electron chi connectivity index (χ2n) is 8.50. The highest BCUT2D eigenvalue weighted by Gasteiger charge is 2.17. The van der Waals surface area contributed by atoms with Crippen molar-refractivity contribution in [3.63, 3.8) is 0 Å². The smallest absolute Gasteiger partial charge is 0.190 e. The van der Waals surface area contributed by atoms with Crippen LogP contribution in [0.15, 0.2) is 4.99 Å². The molecule has 1 atom stereocenters. The van der Waals surface area contributed by atoms with Crippen molar-refractivity contribution >= 4 is 5.96 Å². The Bertz CT molecular complexity index is 393. The van der Waals surface area contributed by atoms with Gasteiger partial charge in [-0.1, -0.05) is 13.8 Å². The standard InChI is InChI=1S/C21H46N6/c1-8-25-12-14-26(15-13-25)17-20(6)16-24-21(22-7)23-10-9-11-27(18(2)3)19(4)5/h18-20H,8-17H2,1-7H3,(H2,22,23,24). The SMILES string of the molecule is CCN1CCN(CC(C)CNC(=NC)NCCCN(C(C)C)C(C)C)CC1. The van der Waals surface area contributed by atoms with Crippen molar-refractivity contribution in [2.24, 2.45) is 10.9 Å². The van der Waals surface area contributed by atoms with Gasteiger partial charge in [0.05, 0.1) is 0 Å². The number of likely N-dealkylation sites (N-methyl/N-ethyl adjacent to an activating group) is 1. The summed E-state index contributed by atoms with van der Waals surface area (Å²) in [6.07, 6.45) is 1.13. The zero-order valence-electron chi connectivity index (χ0n) is 19.1. The summed E-state index contributed by atoms with van der Waals surface area (Å²) in [5.41, 5.74) is 0. The number of guanidine groups is 1. The fourth-order valence-corrected chi connectivity index (χ4v) is 3.87. The quantitative estimate of drug-likeness (QED) is 0.325. The first-order chi connectivity index (χ1) is 12.9. The van der Waals surface area contributed by atoms with Gasteiger partial charge in [-0.15, -0.1) is 0 Å². The summed E-state index contributed by atoms with van der Waals surface area (Å²) in [6.45, 7) is 23.9. The van der Waals surface area contributed by atoms with Crippen LogP contribution >= 0.6 is 0 Å². The van der Waals surface area contributed by atoms with Gasteiger partial charge in [-0.05, 0) is 46.6 Å². The summed E-state index contributed by atoms with van der Waals surface area (Å²) in [6, 6.07) is 1.20. The normalized spacial score (nSPS) is 18.5. The summed E-state index contributed by atoms with van der Waals surface area (Å²) in [5.74, 6) is 1.55. The third-order valence-electron chi connectivity index (χ3n) is 5.54. The first kappa shape index (κ1) is 24.2. The van der Waals surface area contributed by atoms with E-state index in [0.29, 0.717) is 18.0 Å². The van der Waals surface area contributed by atoms with Crippen LogP contribution in [0, 0.1) is 5.92 Å². The molecule has 6 nitrogen and oxygen atoms in total. The lowest BCUT2D eigenvalue weighted by Gasteiger charge is -2.35. The van der Waals surface area contributed by atoms with Crippen LogP contribution in [0.4, 0.5) is 0 Å². The summed E-state index contributed by atoms with van der Waals surface area (Å²) < 4.78 is 0. The minimum absolute atomic E-state index is 0.600. The fraction of sp³-hybridized carbons (Fsp3) is 0.952. The zero-order valence-corrected chi connectivity index (χ0v) is 19.1. The second kappa shape index (κ2) is 13.3. The van der Waals surface area contributed by atoms with E-state index in [4.69, 9.17) is 0 Å². The summed E-state index contributed by atoms with van der Waals surface area (Å²) in [4.78, 5) is 12.0. The van der Waals surface area contributed by atoms with Crippen molar-refractivity contribution in [3.05, 3.63) is 0 Å². The van der Waals surface area contributed by atoms with Gasteiger partial charge >= 0.3 is 0 Å². The molecule has 1 unspecified atom stereocenters. The van der Waals surface area contributed by atoms with Gasteiger partial charge in [0.2, 0.25) is 0 Å². The van der Waals surface area contributed by atoms with Gasteiger partial charge < -0.3 is 20.4 Å². The van der Waals surface area contributed by atoms with E-state index < -0.39 is 0 Å². The predicted molar refractivity (Wildman–Crippen MR) is 119 cm³/mol. The molecule has 0 amide bonds. The summed E-state index contributed by atoms with van der Waals surface area (Å²) >= 11 is 0. The summed E-state index contributed by atoms with van der Waals surface area (Å²) in [7, 11) is 1.86. The van der Waals surface area contributed by atoms with Gasteiger partial charge in [-0.25, -0.2) is 0 Å². The molecule has 27 heavy (non-hydrogen) atoms. The van der Waals surface area contributed by atoms with Crippen LogP contribution in [-0.2, 0) is 0 Å². The van der Waals surface area contributed by atoms with E-state index in [1.807, 2.05) is 7.05 Å². The van der Waals surface area contributed by atoms with Crippen molar-refractivity contribution in [2.75, 3.05) is 66.0 Å². The van der Waals surface area contributed by atoms with E-state index >= 15 is 0 Å². The minimum atomic E-state index is 0.600. The molecule has 0 radical (unpaired) electrons. The highest BCUT2D eigenvalue weighted by Crippen LogP contribution is 2.06. The Morgan fingerprint density at radius 3 is 2.07 bits per heavy atom. The average Bonchev–Trinajstić information content (AvgIpc) is 2.64. The second-order valence-corrected chi connectivity index (χ2v) is 8.50. The molecule has 1 aliphatic rings. The van der Waals surface area contributed by atoms with Crippen molar-refractivity contribution < 1.29 is 0 Å². The molecule has 1 rings (SSSR count). The molecule has 1 fully saturated rings. The number of piperazine rings is 1. The largest absolute Gasteiger partial charge is 0.356 e. The first-order valence-corrected chi connectivity index (χ1v) is 11.0. The van der Waals surface area contributed by atoms with Crippen LogP contribution in [-0.4, -0.2) is 98.7 Å². The van der Waals surface area contributed by atoms with Crippen LogP contribution in [0.25, 0.3) is 0 Å². The van der Waals surface area contributed by atoms with Crippen molar-refractivity contribution in [1.29, 1.82) is 0 Å². The maximum Gasteiger partial charge on any atom is 0.190 e. The number of hydrogen-bond donors (Lipinski definition) is 2. The molecule has 1 aliphatic heterocycles. The van der Waals surface area contributed by atoms with Crippen LogP contribution in [0.5, 0.6) is 0 Å². The fourth-order valence-electron chi connectivity index (χ4n) is 3.87. The summed E-state index contributed by atoms with van der Waals surface area (Å²) in [5, 5.41) is 6.97. The van der Waals surface area contributed by atoms with Crippen LogP contribution < -0.4 is 10.6 Å². The Balaban J connectivity index is 2.20. The van der Waals surface area contributed by atoms with Crippen molar-refractivity contribution in [2.45, 2.75) is 60.0 Å². The zero-order chi connectivity index (χ0) is 20.2. The van der Waals surface area contributed by atoms with Gasteiger partial charge in [-0.2, -0.15) is 0 Å². The van der Waals surface area contributed by atoms with E-state index in [9.17, 15) is 0 Å². The van der Waals surface area contributed by atoms with E-state index in [1.165, 1.54) is 39.3 Å². The molecule has 6 heteroatoms. The maximum absolute atomic E-state index is 4.38. The molecular weight excluding hydrogens is 336 g/mol. The Kier molecular flexibility index (Phi) is 12.0. The molecule has 0 aliphatic carbocycles.